The number of nitrogen functional groups attached to an aromatic ring is 1. The van der Waals surface area contributed by atoms with Crippen LogP contribution in [0.15, 0.2) is 6.07 Å². The number of aromatic nitrogens is 2. The van der Waals surface area contributed by atoms with E-state index in [0.29, 0.717) is 5.95 Å². The molecular weight excluding hydrogens is 200 g/mol. The summed E-state index contributed by atoms with van der Waals surface area (Å²) in [6, 6.07) is 2.07. The minimum absolute atomic E-state index is 0.0194. The van der Waals surface area contributed by atoms with Crippen LogP contribution in [0.1, 0.15) is 39.3 Å². The first kappa shape index (κ1) is 11.2. The molecule has 0 aliphatic carbocycles. The van der Waals surface area contributed by atoms with Gasteiger partial charge >= 0.3 is 0 Å². The van der Waals surface area contributed by atoms with Gasteiger partial charge in [0.15, 0.2) is 0 Å². The van der Waals surface area contributed by atoms with Gasteiger partial charge in [-0.3, -0.25) is 0 Å². The molecule has 1 aromatic heterocycles. The highest BCUT2D eigenvalue weighted by Crippen LogP contribution is 2.26. The van der Waals surface area contributed by atoms with Crippen molar-refractivity contribution in [3.8, 4) is 0 Å². The minimum atomic E-state index is 0.0194. The zero-order chi connectivity index (χ0) is 11.8. The SMILES string of the molecule is CC(C)(C)c1cc(N2CCCC2)nc(N)n1. The van der Waals surface area contributed by atoms with Crippen molar-refractivity contribution < 1.29 is 0 Å². The zero-order valence-electron chi connectivity index (χ0n) is 10.3. The maximum absolute atomic E-state index is 5.77. The van der Waals surface area contributed by atoms with Gasteiger partial charge in [-0.05, 0) is 12.8 Å². The molecule has 2 heterocycles. The summed E-state index contributed by atoms with van der Waals surface area (Å²) in [5, 5.41) is 0. The van der Waals surface area contributed by atoms with E-state index in [2.05, 4.69) is 41.7 Å². The molecule has 1 aliphatic rings. The minimum Gasteiger partial charge on any atom is -0.368 e. The third-order valence-corrected chi connectivity index (χ3v) is 2.93. The molecule has 0 aromatic carbocycles. The molecule has 1 aromatic rings. The monoisotopic (exact) mass is 220 g/mol. The molecule has 0 spiro atoms. The van der Waals surface area contributed by atoms with Crippen LogP contribution in [0, 0.1) is 0 Å². The fraction of sp³-hybridized carbons (Fsp3) is 0.667. The maximum atomic E-state index is 5.77. The van der Waals surface area contributed by atoms with Crippen LogP contribution in [-0.4, -0.2) is 23.1 Å². The normalized spacial score (nSPS) is 16.8. The van der Waals surface area contributed by atoms with Gasteiger partial charge in [-0.1, -0.05) is 20.8 Å². The fourth-order valence-corrected chi connectivity index (χ4v) is 1.95. The number of rotatable bonds is 1. The number of nitrogens with zero attached hydrogens (tertiary/aromatic N) is 3. The molecule has 0 amide bonds. The predicted octanol–water partition coefficient (Wildman–Crippen LogP) is 1.96. The van der Waals surface area contributed by atoms with Crippen molar-refractivity contribution in [2.75, 3.05) is 23.7 Å². The predicted molar refractivity (Wildman–Crippen MR) is 66.6 cm³/mol. The number of nitrogens with two attached hydrogens (primary N) is 1. The van der Waals surface area contributed by atoms with Crippen LogP contribution < -0.4 is 10.6 Å². The van der Waals surface area contributed by atoms with Crippen molar-refractivity contribution in [3.05, 3.63) is 11.8 Å². The van der Waals surface area contributed by atoms with E-state index >= 15 is 0 Å². The van der Waals surface area contributed by atoms with E-state index in [1.807, 2.05) is 0 Å². The van der Waals surface area contributed by atoms with E-state index in [1.54, 1.807) is 0 Å². The molecule has 0 radical (unpaired) electrons. The highest BCUT2D eigenvalue weighted by Gasteiger charge is 2.20. The highest BCUT2D eigenvalue weighted by molar-refractivity contribution is 5.45. The van der Waals surface area contributed by atoms with Crippen LogP contribution in [0.2, 0.25) is 0 Å². The van der Waals surface area contributed by atoms with Crippen LogP contribution >= 0.6 is 0 Å². The Bertz CT molecular complexity index is 375. The van der Waals surface area contributed by atoms with Crippen molar-refractivity contribution >= 4 is 11.8 Å². The lowest BCUT2D eigenvalue weighted by Crippen LogP contribution is -2.22. The van der Waals surface area contributed by atoms with Crippen LogP contribution in [0.3, 0.4) is 0 Å². The van der Waals surface area contributed by atoms with Crippen molar-refractivity contribution in [1.82, 2.24) is 9.97 Å². The molecule has 4 heteroatoms. The summed E-state index contributed by atoms with van der Waals surface area (Å²) < 4.78 is 0. The van der Waals surface area contributed by atoms with E-state index in [-0.39, 0.29) is 5.41 Å². The van der Waals surface area contributed by atoms with Gasteiger partial charge in [0.25, 0.3) is 0 Å². The first-order valence-corrected chi connectivity index (χ1v) is 5.87. The Hall–Kier alpha value is -1.32. The van der Waals surface area contributed by atoms with Crippen LogP contribution in [0.5, 0.6) is 0 Å². The van der Waals surface area contributed by atoms with Gasteiger partial charge < -0.3 is 10.6 Å². The smallest absolute Gasteiger partial charge is 0.222 e. The van der Waals surface area contributed by atoms with Crippen molar-refractivity contribution in [3.63, 3.8) is 0 Å². The van der Waals surface area contributed by atoms with Gasteiger partial charge in [0.05, 0.1) is 5.69 Å². The number of hydrogen-bond donors (Lipinski definition) is 1. The second kappa shape index (κ2) is 3.92. The third kappa shape index (κ3) is 2.26. The van der Waals surface area contributed by atoms with E-state index in [0.717, 1.165) is 24.6 Å². The van der Waals surface area contributed by atoms with Crippen LogP contribution in [0.25, 0.3) is 0 Å². The van der Waals surface area contributed by atoms with E-state index < -0.39 is 0 Å². The van der Waals surface area contributed by atoms with Gasteiger partial charge in [0, 0.05) is 24.6 Å². The molecule has 2 N–H and O–H groups in total. The van der Waals surface area contributed by atoms with Crippen molar-refractivity contribution in [2.45, 2.75) is 39.0 Å². The molecule has 4 nitrogen and oxygen atoms in total. The van der Waals surface area contributed by atoms with Crippen molar-refractivity contribution in [1.29, 1.82) is 0 Å². The van der Waals surface area contributed by atoms with Crippen LogP contribution in [-0.2, 0) is 5.41 Å². The Labute approximate surface area is 96.9 Å². The molecule has 0 bridgehead atoms. The maximum Gasteiger partial charge on any atom is 0.222 e. The average molecular weight is 220 g/mol. The van der Waals surface area contributed by atoms with Gasteiger partial charge in [0.2, 0.25) is 5.95 Å². The summed E-state index contributed by atoms with van der Waals surface area (Å²) in [5.41, 5.74) is 6.81. The third-order valence-electron chi connectivity index (χ3n) is 2.93. The van der Waals surface area contributed by atoms with E-state index in [9.17, 15) is 0 Å². The molecule has 1 aliphatic heterocycles. The molecule has 0 unspecified atom stereocenters. The molecule has 88 valence electrons. The zero-order valence-corrected chi connectivity index (χ0v) is 10.3. The van der Waals surface area contributed by atoms with Crippen molar-refractivity contribution in [2.24, 2.45) is 0 Å². The quantitative estimate of drug-likeness (QED) is 0.786. The first-order valence-electron chi connectivity index (χ1n) is 5.87. The van der Waals surface area contributed by atoms with E-state index in [4.69, 9.17) is 5.73 Å². The van der Waals surface area contributed by atoms with E-state index in [1.165, 1.54) is 12.8 Å². The highest BCUT2D eigenvalue weighted by atomic mass is 15.2. The molecule has 1 fully saturated rings. The van der Waals surface area contributed by atoms with Gasteiger partial charge in [-0.2, -0.15) is 4.98 Å². The first-order chi connectivity index (χ1) is 7.47. The van der Waals surface area contributed by atoms with Gasteiger partial charge in [0.1, 0.15) is 5.82 Å². The largest absolute Gasteiger partial charge is 0.368 e. The summed E-state index contributed by atoms with van der Waals surface area (Å²) in [4.78, 5) is 10.9. The fourth-order valence-electron chi connectivity index (χ4n) is 1.95. The Morgan fingerprint density at radius 2 is 1.81 bits per heavy atom. The summed E-state index contributed by atoms with van der Waals surface area (Å²) in [6.07, 6.45) is 2.49. The lowest BCUT2D eigenvalue weighted by molar-refractivity contribution is 0.568. The Morgan fingerprint density at radius 1 is 1.19 bits per heavy atom. The Kier molecular flexibility index (Phi) is 2.74. The molecule has 0 atom stereocenters. The summed E-state index contributed by atoms with van der Waals surface area (Å²) in [7, 11) is 0. The molecule has 2 rings (SSSR count). The summed E-state index contributed by atoms with van der Waals surface area (Å²) >= 11 is 0. The standard InChI is InChI=1S/C12H20N4/c1-12(2,3)9-8-10(15-11(13)14-9)16-6-4-5-7-16/h8H,4-7H2,1-3H3,(H2,13,14,15). The number of hydrogen-bond acceptors (Lipinski definition) is 4. The van der Waals surface area contributed by atoms with Crippen LogP contribution in [0.4, 0.5) is 11.8 Å². The number of anilines is 2. The molecular formula is C12H20N4. The second-order valence-corrected chi connectivity index (χ2v) is 5.41. The van der Waals surface area contributed by atoms with Gasteiger partial charge in [-0.15, -0.1) is 0 Å². The molecule has 0 saturated carbocycles. The Balaban J connectivity index is 2.35. The lowest BCUT2D eigenvalue weighted by Gasteiger charge is -2.22. The molecule has 1 saturated heterocycles. The average Bonchev–Trinajstić information content (AvgIpc) is 2.68. The molecule has 16 heavy (non-hydrogen) atoms. The lowest BCUT2D eigenvalue weighted by atomic mass is 9.92. The summed E-state index contributed by atoms with van der Waals surface area (Å²) in [5.74, 6) is 1.37. The Morgan fingerprint density at radius 3 is 2.38 bits per heavy atom. The van der Waals surface area contributed by atoms with Gasteiger partial charge in [-0.25, -0.2) is 4.98 Å². The topological polar surface area (TPSA) is 55.0 Å². The summed E-state index contributed by atoms with van der Waals surface area (Å²) in [6.45, 7) is 8.59. The second-order valence-electron chi connectivity index (χ2n) is 5.41.